The Morgan fingerprint density at radius 3 is 2.82 bits per heavy atom. The van der Waals surface area contributed by atoms with Gasteiger partial charge in [0.15, 0.2) is 0 Å². The van der Waals surface area contributed by atoms with Gasteiger partial charge in [-0.15, -0.1) is 0 Å². The molecule has 0 spiro atoms. The highest BCUT2D eigenvalue weighted by Crippen LogP contribution is 2.18. The van der Waals surface area contributed by atoms with Gasteiger partial charge >= 0.3 is 0 Å². The van der Waals surface area contributed by atoms with Crippen LogP contribution < -0.4 is 11.1 Å². The fourth-order valence-corrected chi connectivity index (χ4v) is 1.46. The monoisotopic (exact) mass is 238 g/mol. The van der Waals surface area contributed by atoms with Gasteiger partial charge < -0.3 is 11.1 Å². The topological polar surface area (TPSA) is 94.1 Å². The second kappa shape index (κ2) is 6.03. The van der Waals surface area contributed by atoms with Gasteiger partial charge in [-0.1, -0.05) is 13.8 Å². The van der Waals surface area contributed by atoms with Gasteiger partial charge in [-0.05, 0) is 18.8 Å². The molecule has 1 rings (SSSR count). The smallest absolute Gasteiger partial charge is 0.276 e. The van der Waals surface area contributed by atoms with Crippen molar-refractivity contribution in [3.05, 3.63) is 22.2 Å². The lowest BCUT2D eigenvalue weighted by Crippen LogP contribution is -2.06. The van der Waals surface area contributed by atoms with E-state index < -0.39 is 4.92 Å². The summed E-state index contributed by atoms with van der Waals surface area (Å²) in [5.74, 6) is 1.27. The summed E-state index contributed by atoms with van der Waals surface area (Å²) in [4.78, 5) is 14.1. The van der Waals surface area contributed by atoms with Crippen molar-refractivity contribution in [2.24, 2.45) is 5.92 Å². The van der Waals surface area contributed by atoms with Gasteiger partial charge in [-0.25, -0.2) is 4.98 Å². The predicted octanol–water partition coefficient (Wildman–Crippen LogP) is 2.42. The van der Waals surface area contributed by atoms with Crippen molar-refractivity contribution in [2.75, 3.05) is 17.6 Å². The molecule has 0 aliphatic heterocycles. The average molecular weight is 238 g/mol. The quantitative estimate of drug-likeness (QED) is 0.451. The lowest BCUT2D eigenvalue weighted by atomic mass is 10.1. The number of nitrogens with one attached hydrogen (secondary N) is 1. The van der Waals surface area contributed by atoms with Crippen LogP contribution in [0.1, 0.15) is 26.7 Å². The molecule has 0 fully saturated rings. The molecule has 3 N–H and O–H groups in total. The molecule has 0 unspecified atom stereocenters. The van der Waals surface area contributed by atoms with Crippen LogP contribution >= 0.6 is 0 Å². The number of rotatable bonds is 6. The number of nitro groups is 1. The van der Waals surface area contributed by atoms with Crippen LogP contribution in [0.5, 0.6) is 0 Å². The summed E-state index contributed by atoms with van der Waals surface area (Å²) in [6.45, 7) is 5.05. The van der Waals surface area contributed by atoms with E-state index in [1.54, 1.807) is 0 Å². The number of nitrogens with zero attached hydrogens (tertiary/aromatic N) is 2. The number of hydrogen-bond acceptors (Lipinski definition) is 5. The lowest BCUT2D eigenvalue weighted by Gasteiger charge is -2.07. The minimum Gasteiger partial charge on any atom is -0.383 e. The highest BCUT2D eigenvalue weighted by molar-refractivity contribution is 5.52. The molecule has 1 aromatic rings. The average Bonchev–Trinajstić information content (AvgIpc) is 2.23. The standard InChI is InChI=1S/C11H18N4O2/c1-8(2)4-3-5-13-11-7-9(15(16)17)6-10(12)14-11/h6-8H,3-5H2,1-2H3,(H3,12,13,14). The van der Waals surface area contributed by atoms with Crippen LogP contribution in [-0.4, -0.2) is 16.5 Å². The maximum absolute atomic E-state index is 10.6. The third-order valence-corrected chi connectivity index (χ3v) is 2.31. The molecule has 0 atom stereocenters. The van der Waals surface area contributed by atoms with Crippen molar-refractivity contribution in [1.29, 1.82) is 0 Å². The molecule has 1 aromatic heterocycles. The van der Waals surface area contributed by atoms with Crippen LogP contribution in [-0.2, 0) is 0 Å². The minimum atomic E-state index is -0.475. The minimum absolute atomic E-state index is 0.0381. The molecular weight excluding hydrogens is 220 g/mol. The van der Waals surface area contributed by atoms with E-state index in [9.17, 15) is 10.1 Å². The van der Waals surface area contributed by atoms with E-state index in [1.807, 2.05) is 0 Å². The molecular formula is C11H18N4O2. The third-order valence-electron chi connectivity index (χ3n) is 2.31. The molecule has 0 radical (unpaired) electrons. The number of nitrogens with two attached hydrogens (primary N) is 1. The second-order valence-corrected chi connectivity index (χ2v) is 4.36. The summed E-state index contributed by atoms with van der Waals surface area (Å²) in [6.07, 6.45) is 2.11. The number of hydrogen-bond donors (Lipinski definition) is 2. The van der Waals surface area contributed by atoms with Gasteiger partial charge in [0.1, 0.15) is 11.6 Å². The van der Waals surface area contributed by atoms with Crippen LogP contribution in [0.2, 0.25) is 0 Å². The van der Waals surface area contributed by atoms with Gasteiger partial charge in [0, 0.05) is 6.54 Å². The van der Waals surface area contributed by atoms with Crippen LogP contribution in [0.25, 0.3) is 0 Å². The molecule has 6 heteroatoms. The molecule has 0 aliphatic rings. The summed E-state index contributed by atoms with van der Waals surface area (Å²) >= 11 is 0. The molecule has 0 saturated carbocycles. The highest BCUT2D eigenvalue weighted by Gasteiger charge is 2.09. The van der Waals surface area contributed by atoms with Crippen molar-refractivity contribution >= 4 is 17.3 Å². The lowest BCUT2D eigenvalue weighted by molar-refractivity contribution is -0.384. The zero-order valence-electron chi connectivity index (χ0n) is 10.1. The van der Waals surface area contributed by atoms with E-state index in [2.05, 4.69) is 24.1 Å². The Labute approximate surface area is 100 Å². The zero-order valence-corrected chi connectivity index (χ0v) is 10.1. The van der Waals surface area contributed by atoms with E-state index in [-0.39, 0.29) is 11.5 Å². The zero-order chi connectivity index (χ0) is 12.8. The second-order valence-electron chi connectivity index (χ2n) is 4.36. The third kappa shape index (κ3) is 4.67. The van der Waals surface area contributed by atoms with E-state index >= 15 is 0 Å². The first-order valence-corrected chi connectivity index (χ1v) is 5.65. The molecule has 1 heterocycles. The van der Waals surface area contributed by atoms with Gasteiger partial charge in [-0.3, -0.25) is 10.1 Å². The van der Waals surface area contributed by atoms with Gasteiger partial charge in [0.2, 0.25) is 0 Å². The van der Waals surface area contributed by atoms with Crippen LogP contribution in [0, 0.1) is 16.0 Å². The van der Waals surface area contributed by atoms with Crippen LogP contribution in [0.3, 0.4) is 0 Å². The van der Waals surface area contributed by atoms with Crippen LogP contribution in [0.15, 0.2) is 12.1 Å². The molecule has 17 heavy (non-hydrogen) atoms. The number of aromatic nitrogens is 1. The highest BCUT2D eigenvalue weighted by atomic mass is 16.6. The molecule has 6 nitrogen and oxygen atoms in total. The maximum Gasteiger partial charge on any atom is 0.276 e. The number of pyridine rings is 1. The Bertz CT molecular complexity index is 393. The molecule has 0 amide bonds. The largest absolute Gasteiger partial charge is 0.383 e. The Hall–Kier alpha value is -1.85. The van der Waals surface area contributed by atoms with Crippen LogP contribution in [0.4, 0.5) is 17.3 Å². The van der Waals surface area contributed by atoms with Gasteiger partial charge in [-0.2, -0.15) is 0 Å². The number of nitrogen functional groups attached to an aromatic ring is 1. The first-order chi connectivity index (χ1) is 7.99. The Balaban J connectivity index is 2.56. The van der Waals surface area contributed by atoms with Gasteiger partial charge in [0.25, 0.3) is 5.69 Å². The first-order valence-electron chi connectivity index (χ1n) is 5.65. The Kier molecular flexibility index (Phi) is 4.68. The van der Waals surface area contributed by atoms with E-state index in [1.165, 1.54) is 12.1 Å². The molecule has 0 saturated heterocycles. The van der Waals surface area contributed by atoms with Crippen molar-refractivity contribution in [1.82, 2.24) is 4.98 Å². The fraction of sp³-hybridized carbons (Fsp3) is 0.545. The molecule has 94 valence electrons. The summed E-state index contributed by atoms with van der Waals surface area (Å²) in [5.41, 5.74) is 5.46. The molecule has 0 aliphatic carbocycles. The molecule has 0 bridgehead atoms. The number of anilines is 2. The Morgan fingerprint density at radius 2 is 2.24 bits per heavy atom. The van der Waals surface area contributed by atoms with E-state index in [4.69, 9.17) is 5.73 Å². The molecule has 0 aromatic carbocycles. The van der Waals surface area contributed by atoms with Crippen molar-refractivity contribution in [3.63, 3.8) is 0 Å². The fourth-order valence-electron chi connectivity index (χ4n) is 1.46. The summed E-state index contributed by atoms with van der Waals surface area (Å²) in [7, 11) is 0. The summed E-state index contributed by atoms with van der Waals surface area (Å²) < 4.78 is 0. The van der Waals surface area contributed by atoms with E-state index in [0.29, 0.717) is 11.7 Å². The van der Waals surface area contributed by atoms with E-state index in [0.717, 1.165) is 19.4 Å². The Morgan fingerprint density at radius 1 is 1.53 bits per heavy atom. The SMILES string of the molecule is CC(C)CCCNc1cc([N+](=O)[O-])cc(N)n1. The first kappa shape index (κ1) is 13.2. The van der Waals surface area contributed by atoms with Gasteiger partial charge in [0.05, 0.1) is 17.1 Å². The summed E-state index contributed by atoms with van der Waals surface area (Å²) in [5, 5.41) is 13.7. The van der Waals surface area contributed by atoms with Crippen molar-refractivity contribution in [2.45, 2.75) is 26.7 Å². The maximum atomic E-state index is 10.6. The normalized spacial score (nSPS) is 10.5. The van der Waals surface area contributed by atoms with Crippen molar-refractivity contribution < 1.29 is 4.92 Å². The predicted molar refractivity (Wildman–Crippen MR) is 67.9 cm³/mol. The summed E-state index contributed by atoms with van der Waals surface area (Å²) in [6, 6.07) is 2.64. The van der Waals surface area contributed by atoms with Crippen molar-refractivity contribution in [3.8, 4) is 0 Å².